The summed E-state index contributed by atoms with van der Waals surface area (Å²) in [6, 6.07) is 0. The molecule has 0 aromatic carbocycles. The van der Waals surface area contributed by atoms with Crippen LogP contribution in [0.2, 0.25) is 0 Å². The van der Waals surface area contributed by atoms with Crippen molar-refractivity contribution in [1.82, 2.24) is 0 Å². The first-order valence-electron chi connectivity index (χ1n) is 23.2. The molecule has 4 aliphatic carbocycles. The highest BCUT2D eigenvalue weighted by Gasteiger charge is 2.83. The van der Waals surface area contributed by atoms with Crippen molar-refractivity contribution in [2.45, 2.75) is 225 Å². The summed E-state index contributed by atoms with van der Waals surface area (Å²) >= 11 is 0. The first-order chi connectivity index (χ1) is 26.8. The Morgan fingerprint density at radius 3 is 1.64 bits per heavy atom. The maximum atomic E-state index is 14.9. The molecule has 2 saturated carbocycles. The Labute approximate surface area is 340 Å². The van der Waals surface area contributed by atoms with Gasteiger partial charge in [0, 0.05) is 30.1 Å². The molecule has 8 heteroatoms. The van der Waals surface area contributed by atoms with Gasteiger partial charge < -0.3 is 24.8 Å². The van der Waals surface area contributed by atoms with Crippen LogP contribution in [0.4, 0.5) is 0 Å². The van der Waals surface area contributed by atoms with Crippen molar-refractivity contribution in [3.63, 3.8) is 0 Å². The maximum absolute atomic E-state index is 14.9. The first kappa shape index (κ1) is 46.7. The molecule has 0 aromatic rings. The minimum absolute atomic E-state index is 0.209. The molecule has 8 nitrogen and oxygen atoms in total. The summed E-state index contributed by atoms with van der Waals surface area (Å²) in [6.45, 7) is 11.8. The Bertz CT molecular complexity index is 1350. The highest BCUT2D eigenvalue weighted by atomic mass is 16.6. The lowest BCUT2D eigenvalue weighted by molar-refractivity contribution is -0.192. The van der Waals surface area contributed by atoms with Crippen LogP contribution in [0.1, 0.15) is 202 Å². The van der Waals surface area contributed by atoms with Gasteiger partial charge in [0.05, 0.1) is 5.41 Å². The molecule has 4 aliphatic rings. The second-order valence-electron chi connectivity index (χ2n) is 18.9. The van der Waals surface area contributed by atoms with Gasteiger partial charge in [-0.1, -0.05) is 175 Å². The molecule has 8 unspecified atom stereocenters. The number of carbonyl (C=O) groups is 3. The molecule has 3 N–H and O–H groups in total. The topological polar surface area (TPSA) is 130 Å². The van der Waals surface area contributed by atoms with Gasteiger partial charge in [0.1, 0.15) is 30.0 Å². The molecular weight excluding hydrogens is 705 g/mol. The number of rotatable bonds is 27. The average molecular weight is 785 g/mol. The number of esters is 2. The summed E-state index contributed by atoms with van der Waals surface area (Å²) in [5.41, 5.74) is -4.75. The Kier molecular flexibility index (Phi) is 17.7. The molecule has 0 saturated heterocycles. The van der Waals surface area contributed by atoms with Gasteiger partial charge in [-0.05, 0) is 43.3 Å². The van der Waals surface area contributed by atoms with Gasteiger partial charge in [0.15, 0.2) is 5.78 Å². The number of aliphatic hydroxyl groups excluding tert-OH is 2. The molecule has 0 aliphatic heterocycles. The number of carbonyl (C=O) groups excluding carboxylic acids is 3. The number of Topliss-reactive ketones (excluding diaryl/α,β-unsaturated/α-hetero) is 1. The summed E-state index contributed by atoms with van der Waals surface area (Å²) in [6.07, 6.45) is 27.1. The minimum Gasteiger partial charge on any atom is -0.461 e. The molecule has 2 bridgehead atoms. The lowest BCUT2D eigenvalue weighted by atomic mass is 9.59. The summed E-state index contributed by atoms with van der Waals surface area (Å²) < 4.78 is 12.2. The summed E-state index contributed by atoms with van der Waals surface area (Å²) in [7, 11) is 0. The van der Waals surface area contributed by atoms with Gasteiger partial charge in [-0.2, -0.15) is 0 Å². The van der Waals surface area contributed by atoms with Gasteiger partial charge in [-0.15, -0.1) is 0 Å². The van der Waals surface area contributed by atoms with Crippen molar-refractivity contribution in [3.8, 4) is 0 Å². The fourth-order valence-corrected chi connectivity index (χ4v) is 11.1. The van der Waals surface area contributed by atoms with Crippen molar-refractivity contribution >= 4 is 17.7 Å². The standard InChI is InChI=1S/C48H80O8/c1-7-9-11-13-15-17-18-19-20-22-23-25-27-29-39(49)55-34-37-31-38-41-45(5,6)47(41,56-40(50)30-28-26-24-21-16-14-12-10-8-2)33-36(4)46(44(38)53)32-35(3)42(51)48(46,54)43(37)52/h31-32,36,38,41-43,51-52,54H,7-30,33-34H2,1-6H3. The number of hydrogen-bond donors (Lipinski definition) is 3. The zero-order valence-electron chi connectivity index (χ0n) is 36.3. The minimum atomic E-state index is -2.27. The third-order valence-electron chi connectivity index (χ3n) is 14.5. The molecule has 0 heterocycles. The fraction of sp³-hybridized carbons (Fsp3) is 0.854. The van der Waals surface area contributed by atoms with Crippen LogP contribution in [0.25, 0.3) is 0 Å². The van der Waals surface area contributed by atoms with Gasteiger partial charge in [0.2, 0.25) is 0 Å². The van der Waals surface area contributed by atoms with E-state index in [0.29, 0.717) is 24.8 Å². The van der Waals surface area contributed by atoms with E-state index in [-0.39, 0.29) is 36.3 Å². The Balaban J connectivity index is 1.36. The lowest BCUT2D eigenvalue weighted by Gasteiger charge is -2.48. The second-order valence-corrected chi connectivity index (χ2v) is 18.9. The maximum Gasteiger partial charge on any atom is 0.306 e. The molecule has 1 spiro atoms. The number of allylic oxidation sites excluding steroid dienone is 1. The van der Waals surface area contributed by atoms with Crippen molar-refractivity contribution in [2.75, 3.05) is 6.61 Å². The third kappa shape index (κ3) is 10.0. The second kappa shape index (κ2) is 21.3. The van der Waals surface area contributed by atoms with E-state index < -0.39 is 52.0 Å². The van der Waals surface area contributed by atoms with Crippen molar-refractivity contribution in [3.05, 3.63) is 23.3 Å². The van der Waals surface area contributed by atoms with Crippen LogP contribution < -0.4 is 0 Å². The Hall–Kier alpha value is -2.03. The molecule has 4 rings (SSSR count). The van der Waals surface area contributed by atoms with E-state index in [9.17, 15) is 29.7 Å². The molecule has 320 valence electrons. The van der Waals surface area contributed by atoms with E-state index in [1.807, 2.05) is 20.8 Å². The normalized spacial score (nSPS) is 31.4. The van der Waals surface area contributed by atoms with Crippen LogP contribution in [0, 0.1) is 28.6 Å². The molecule has 8 atom stereocenters. The Morgan fingerprint density at radius 2 is 1.16 bits per heavy atom. The third-order valence-corrected chi connectivity index (χ3v) is 14.5. The number of fused-ring (bicyclic) bond motifs is 3. The summed E-state index contributed by atoms with van der Waals surface area (Å²) in [5.74, 6) is -2.72. The largest absolute Gasteiger partial charge is 0.461 e. The highest BCUT2D eigenvalue weighted by Crippen LogP contribution is 2.75. The van der Waals surface area contributed by atoms with Crippen LogP contribution in [-0.2, 0) is 23.9 Å². The van der Waals surface area contributed by atoms with Crippen LogP contribution in [0.5, 0.6) is 0 Å². The average Bonchev–Trinajstić information content (AvgIpc) is 3.58. The van der Waals surface area contributed by atoms with Gasteiger partial charge in [-0.3, -0.25) is 14.4 Å². The predicted octanol–water partition coefficient (Wildman–Crippen LogP) is 10.4. The monoisotopic (exact) mass is 785 g/mol. The fourth-order valence-electron chi connectivity index (χ4n) is 11.1. The van der Waals surface area contributed by atoms with Crippen molar-refractivity contribution < 1.29 is 39.2 Å². The van der Waals surface area contributed by atoms with E-state index >= 15 is 0 Å². The highest BCUT2D eigenvalue weighted by molar-refractivity contribution is 5.96. The van der Waals surface area contributed by atoms with E-state index in [2.05, 4.69) is 13.8 Å². The van der Waals surface area contributed by atoms with Crippen LogP contribution >= 0.6 is 0 Å². The molecule has 0 amide bonds. The lowest BCUT2D eigenvalue weighted by Crippen LogP contribution is -2.65. The van der Waals surface area contributed by atoms with Crippen LogP contribution in [0.15, 0.2) is 23.3 Å². The molecular formula is C48H80O8. The van der Waals surface area contributed by atoms with Crippen LogP contribution in [0.3, 0.4) is 0 Å². The SMILES string of the molecule is CCCCCCCCCCCCCCCC(=O)OCC1=CC2C(=O)C3(C=C(C)C(O)C3(O)C1O)C(C)CC1(OC(=O)CCCCCCCCCCC)C2C1(C)C. The van der Waals surface area contributed by atoms with E-state index in [1.54, 1.807) is 19.1 Å². The number of ketones is 1. The van der Waals surface area contributed by atoms with Crippen LogP contribution in [-0.4, -0.2) is 63.1 Å². The zero-order valence-corrected chi connectivity index (χ0v) is 36.3. The van der Waals surface area contributed by atoms with Gasteiger partial charge in [-0.25, -0.2) is 0 Å². The van der Waals surface area contributed by atoms with Crippen molar-refractivity contribution in [1.29, 1.82) is 0 Å². The van der Waals surface area contributed by atoms with E-state index in [1.165, 1.54) is 103 Å². The Morgan fingerprint density at radius 1 is 0.714 bits per heavy atom. The summed E-state index contributed by atoms with van der Waals surface area (Å²) in [4.78, 5) is 41.4. The number of aliphatic hydroxyl groups is 3. The number of unbranched alkanes of at least 4 members (excludes halogenated alkanes) is 20. The molecule has 56 heavy (non-hydrogen) atoms. The summed E-state index contributed by atoms with van der Waals surface area (Å²) in [5, 5.41) is 36.0. The molecule has 0 aromatic heterocycles. The zero-order chi connectivity index (χ0) is 41.0. The van der Waals surface area contributed by atoms with Gasteiger partial charge >= 0.3 is 11.9 Å². The number of hydrogen-bond acceptors (Lipinski definition) is 8. The predicted molar refractivity (Wildman–Crippen MR) is 223 cm³/mol. The smallest absolute Gasteiger partial charge is 0.306 e. The quantitative estimate of drug-likeness (QED) is 0.0426. The van der Waals surface area contributed by atoms with E-state index in [4.69, 9.17) is 9.47 Å². The first-order valence-corrected chi connectivity index (χ1v) is 23.2. The van der Waals surface area contributed by atoms with Gasteiger partial charge in [0.25, 0.3) is 0 Å². The van der Waals surface area contributed by atoms with E-state index in [0.717, 1.165) is 32.1 Å². The van der Waals surface area contributed by atoms with Crippen molar-refractivity contribution in [2.24, 2.45) is 28.6 Å². The number of ether oxygens (including phenoxy) is 2. The molecule has 2 fully saturated rings. The molecule has 0 radical (unpaired) electrons.